The Morgan fingerprint density at radius 3 is 2.57 bits per heavy atom. The van der Waals surface area contributed by atoms with E-state index >= 15 is 0 Å². The Bertz CT molecular complexity index is 284. The van der Waals surface area contributed by atoms with Crippen LogP contribution in [0.5, 0.6) is 0 Å². The molecule has 2 rings (SSSR count). The van der Waals surface area contributed by atoms with Crippen LogP contribution in [-0.2, 0) is 4.74 Å². The van der Waals surface area contributed by atoms with Crippen molar-refractivity contribution in [3.8, 4) is 0 Å². The molecule has 0 N–H and O–H groups in total. The lowest BCUT2D eigenvalue weighted by Gasteiger charge is -2.28. The Morgan fingerprint density at radius 1 is 1.43 bits per heavy atom. The van der Waals surface area contributed by atoms with Crippen LogP contribution in [0.4, 0.5) is 4.79 Å². The lowest BCUT2D eigenvalue weighted by atomic mass is 10.2. The number of carbonyl (C=O) groups excluding carboxylic acids is 1. The molecule has 0 aromatic carbocycles. The molecule has 0 unspecified atom stereocenters. The SMILES string of the molecule is CC(C)(C)OC(=O)N1CC=CC12CC2. The van der Waals surface area contributed by atoms with Gasteiger partial charge >= 0.3 is 6.09 Å². The summed E-state index contributed by atoms with van der Waals surface area (Å²) in [5.41, 5.74) is -0.363. The van der Waals surface area contributed by atoms with Crippen molar-refractivity contribution in [3.63, 3.8) is 0 Å². The average molecular weight is 195 g/mol. The number of hydrogen-bond donors (Lipinski definition) is 0. The summed E-state index contributed by atoms with van der Waals surface area (Å²) in [5, 5.41) is 0. The van der Waals surface area contributed by atoms with Gasteiger partial charge in [0.05, 0.1) is 5.54 Å². The van der Waals surface area contributed by atoms with Crippen molar-refractivity contribution in [3.05, 3.63) is 12.2 Å². The first kappa shape index (κ1) is 9.56. The molecule has 1 aliphatic heterocycles. The minimum Gasteiger partial charge on any atom is -0.444 e. The first-order valence-electron chi connectivity index (χ1n) is 5.11. The molecular weight excluding hydrogens is 178 g/mol. The fourth-order valence-corrected chi connectivity index (χ4v) is 1.79. The maximum atomic E-state index is 11.8. The Labute approximate surface area is 84.7 Å². The van der Waals surface area contributed by atoms with E-state index in [0.29, 0.717) is 6.54 Å². The predicted molar refractivity (Wildman–Crippen MR) is 54.0 cm³/mol. The first-order chi connectivity index (χ1) is 6.43. The Morgan fingerprint density at radius 2 is 2.07 bits per heavy atom. The number of rotatable bonds is 0. The predicted octanol–water partition coefficient (Wildman–Crippen LogP) is 2.33. The monoisotopic (exact) mass is 195 g/mol. The molecule has 2 aliphatic rings. The molecule has 1 spiro atoms. The minimum atomic E-state index is -0.393. The van der Waals surface area contributed by atoms with Crippen LogP contribution in [-0.4, -0.2) is 28.7 Å². The second kappa shape index (κ2) is 2.75. The van der Waals surface area contributed by atoms with E-state index in [9.17, 15) is 4.79 Å². The number of nitrogens with zero attached hydrogens (tertiary/aromatic N) is 1. The number of hydrogen-bond acceptors (Lipinski definition) is 2. The Hall–Kier alpha value is -0.990. The van der Waals surface area contributed by atoms with Gasteiger partial charge in [0.15, 0.2) is 0 Å². The number of carbonyl (C=O) groups is 1. The van der Waals surface area contributed by atoms with Crippen molar-refractivity contribution in [2.45, 2.75) is 44.8 Å². The van der Waals surface area contributed by atoms with Gasteiger partial charge in [0, 0.05) is 6.54 Å². The van der Waals surface area contributed by atoms with E-state index in [1.165, 1.54) is 0 Å². The van der Waals surface area contributed by atoms with Crippen LogP contribution in [0, 0.1) is 0 Å². The van der Waals surface area contributed by atoms with E-state index < -0.39 is 5.60 Å². The summed E-state index contributed by atoms with van der Waals surface area (Å²) in [6.45, 7) is 6.39. The highest BCUT2D eigenvalue weighted by molar-refractivity contribution is 5.71. The van der Waals surface area contributed by atoms with Gasteiger partial charge in [0.25, 0.3) is 0 Å². The molecule has 0 aromatic heterocycles. The third-order valence-corrected chi connectivity index (χ3v) is 2.63. The van der Waals surface area contributed by atoms with Crippen molar-refractivity contribution in [1.82, 2.24) is 4.90 Å². The van der Waals surface area contributed by atoms with Gasteiger partial charge in [0.1, 0.15) is 5.60 Å². The van der Waals surface area contributed by atoms with Crippen molar-refractivity contribution in [1.29, 1.82) is 0 Å². The van der Waals surface area contributed by atoms with Crippen LogP contribution in [0.1, 0.15) is 33.6 Å². The van der Waals surface area contributed by atoms with Gasteiger partial charge in [-0.3, -0.25) is 4.90 Å². The summed E-state index contributed by atoms with van der Waals surface area (Å²) < 4.78 is 5.34. The van der Waals surface area contributed by atoms with Crippen LogP contribution < -0.4 is 0 Å². The van der Waals surface area contributed by atoms with Crippen molar-refractivity contribution in [2.75, 3.05) is 6.54 Å². The van der Waals surface area contributed by atoms with Gasteiger partial charge in [-0.25, -0.2) is 4.79 Å². The lowest BCUT2D eigenvalue weighted by molar-refractivity contribution is 0.0222. The molecule has 3 nitrogen and oxygen atoms in total. The number of ether oxygens (including phenoxy) is 1. The van der Waals surface area contributed by atoms with Gasteiger partial charge in [-0.1, -0.05) is 12.2 Å². The molecule has 1 saturated carbocycles. The highest BCUT2D eigenvalue weighted by Crippen LogP contribution is 2.46. The van der Waals surface area contributed by atoms with Gasteiger partial charge in [-0.05, 0) is 33.6 Å². The van der Waals surface area contributed by atoms with Crippen molar-refractivity contribution in [2.24, 2.45) is 0 Å². The highest BCUT2D eigenvalue weighted by Gasteiger charge is 2.51. The second-order valence-corrected chi connectivity index (χ2v) is 5.10. The minimum absolute atomic E-state index is 0.0301. The summed E-state index contributed by atoms with van der Waals surface area (Å²) in [6, 6.07) is 0. The first-order valence-corrected chi connectivity index (χ1v) is 5.11. The zero-order valence-corrected chi connectivity index (χ0v) is 9.04. The maximum absolute atomic E-state index is 11.8. The number of amides is 1. The molecule has 3 heteroatoms. The second-order valence-electron chi connectivity index (χ2n) is 5.10. The topological polar surface area (TPSA) is 29.5 Å². The van der Waals surface area contributed by atoms with E-state index in [1.807, 2.05) is 25.7 Å². The molecule has 0 radical (unpaired) electrons. The third-order valence-electron chi connectivity index (χ3n) is 2.63. The molecule has 1 aliphatic carbocycles. The molecular formula is C11H17NO2. The zero-order chi connectivity index (χ0) is 10.4. The third kappa shape index (κ3) is 1.63. The quantitative estimate of drug-likeness (QED) is 0.555. The van der Waals surface area contributed by atoms with Gasteiger partial charge in [-0.15, -0.1) is 0 Å². The van der Waals surface area contributed by atoms with Gasteiger partial charge in [0.2, 0.25) is 0 Å². The smallest absolute Gasteiger partial charge is 0.411 e. The van der Waals surface area contributed by atoms with E-state index in [-0.39, 0.29) is 11.6 Å². The van der Waals surface area contributed by atoms with E-state index in [1.54, 1.807) is 0 Å². The van der Waals surface area contributed by atoms with Crippen LogP contribution in [0.3, 0.4) is 0 Å². The van der Waals surface area contributed by atoms with Crippen molar-refractivity contribution < 1.29 is 9.53 Å². The van der Waals surface area contributed by atoms with Crippen molar-refractivity contribution >= 4 is 6.09 Å². The Kier molecular flexibility index (Phi) is 1.88. The molecule has 1 heterocycles. The highest BCUT2D eigenvalue weighted by atomic mass is 16.6. The molecule has 1 amide bonds. The summed E-state index contributed by atoms with van der Waals surface area (Å²) in [6.07, 6.45) is 6.18. The molecule has 14 heavy (non-hydrogen) atoms. The lowest BCUT2D eigenvalue weighted by Crippen LogP contribution is -2.41. The van der Waals surface area contributed by atoms with Crippen LogP contribution in [0.15, 0.2) is 12.2 Å². The largest absolute Gasteiger partial charge is 0.444 e. The van der Waals surface area contributed by atoms with E-state index in [4.69, 9.17) is 4.74 Å². The van der Waals surface area contributed by atoms with Crippen LogP contribution in [0.2, 0.25) is 0 Å². The molecule has 0 atom stereocenters. The van der Waals surface area contributed by atoms with Crippen LogP contribution in [0.25, 0.3) is 0 Å². The molecule has 0 saturated heterocycles. The molecule has 78 valence electrons. The van der Waals surface area contributed by atoms with E-state index in [0.717, 1.165) is 12.8 Å². The Balaban J connectivity index is 2.00. The van der Waals surface area contributed by atoms with Gasteiger partial charge < -0.3 is 4.74 Å². The standard InChI is InChI=1S/C11H17NO2/c1-10(2,3)14-9(13)12-8-4-5-11(12)6-7-11/h4-5H,6-8H2,1-3H3. The fourth-order valence-electron chi connectivity index (χ4n) is 1.79. The normalized spacial score (nSPS) is 22.9. The average Bonchev–Trinajstić information content (AvgIpc) is 2.58. The summed E-state index contributed by atoms with van der Waals surface area (Å²) >= 11 is 0. The van der Waals surface area contributed by atoms with E-state index in [2.05, 4.69) is 12.2 Å². The van der Waals surface area contributed by atoms with Gasteiger partial charge in [-0.2, -0.15) is 0 Å². The molecule has 0 aromatic rings. The summed E-state index contributed by atoms with van der Waals surface area (Å²) in [4.78, 5) is 13.6. The summed E-state index contributed by atoms with van der Waals surface area (Å²) in [5.74, 6) is 0. The summed E-state index contributed by atoms with van der Waals surface area (Å²) in [7, 11) is 0. The molecule has 1 fully saturated rings. The zero-order valence-electron chi connectivity index (χ0n) is 9.04. The molecule has 0 bridgehead atoms. The van der Waals surface area contributed by atoms with Crippen LogP contribution >= 0.6 is 0 Å². The fraction of sp³-hybridized carbons (Fsp3) is 0.727. The maximum Gasteiger partial charge on any atom is 0.411 e.